The van der Waals surface area contributed by atoms with Gasteiger partial charge in [0.2, 0.25) is 0 Å². The van der Waals surface area contributed by atoms with Gasteiger partial charge in [0.25, 0.3) is 5.56 Å². The Hall–Kier alpha value is -0.920. The lowest BCUT2D eigenvalue weighted by atomic mass is 10.3. The fraction of sp³-hybridized carbons (Fsp3) is 0.692. The third kappa shape index (κ3) is 5.60. The second-order valence-electron chi connectivity index (χ2n) is 4.23. The smallest absolute Gasteiger partial charge is 0.283 e. The normalized spacial score (nSPS) is 10.8. The van der Waals surface area contributed by atoms with Crippen molar-refractivity contribution in [2.45, 2.75) is 26.3 Å². The van der Waals surface area contributed by atoms with Crippen LogP contribution in [0.4, 0.5) is 5.69 Å². The van der Waals surface area contributed by atoms with Crippen LogP contribution in [0.3, 0.4) is 0 Å². The van der Waals surface area contributed by atoms with E-state index in [0.717, 1.165) is 31.7 Å². The summed E-state index contributed by atoms with van der Waals surface area (Å²) in [7, 11) is 1.66. The van der Waals surface area contributed by atoms with Crippen molar-refractivity contribution in [3.63, 3.8) is 0 Å². The van der Waals surface area contributed by atoms with Gasteiger partial charge in [0.15, 0.2) is 0 Å². The van der Waals surface area contributed by atoms with Gasteiger partial charge < -0.3 is 14.8 Å². The molecule has 1 N–H and O–H groups in total. The molecule has 0 atom stereocenters. The molecule has 1 rings (SSSR count). The van der Waals surface area contributed by atoms with E-state index < -0.39 is 0 Å². The fourth-order valence-corrected chi connectivity index (χ4v) is 2.06. The lowest BCUT2D eigenvalue weighted by Crippen LogP contribution is -2.23. The molecule has 0 saturated heterocycles. The SMILES string of the molecule is CCn1ncc(NCCCCOCCOC)c(Br)c1=O. The molecule has 1 heterocycles. The van der Waals surface area contributed by atoms with Crippen molar-refractivity contribution < 1.29 is 9.47 Å². The van der Waals surface area contributed by atoms with E-state index in [1.165, 1.54) is 4.68 Å². The van der Waals surface area contributed by atoms with Crippen LogP contribution in [-0.2, 0) is 16.0 Å². The molecule has 0 aliphatic carbocycles. The summed E-state index contributed by atoms with van der Waals surface area (Å²) < 4.78 is 12.2. The zero-order valence-corrected chi connectivity index (χ0v) is 13.6. The van der Waals surface area contributed by atoms with Crippen molar-refractivity contribution in [1.29, 1.82) is 0 Å². The first-order chi connectivity index (χ1) is 9.70. The summed E-state index contributed by atoms with van der Waals surface area (Å²) in [6, 6.07) is 0. The van der Waals surface area contributed by atoms with Crippen LogP contribution in [0.15, 0.2) is 15.5 Å². The topological polar surface area (TPSA) is 65.4 Å². The average Bonchev–Trinajstić information content (AvgIpc) is 2.46. The van der Waals surface area contributed by atoms with Gasteiger partial charge in [0.05, 0.1) is 25.1 Å². The third-order valence-electron chi connectivity index (χ3n) is 2.75. The van der Waals surface area contributed by atoms with Gasteiger partial charge in [-0.25, -0.2) is 4.68 Å². The molecule has 0 unspecified atom stereocenters. The summed E-state index contributed by atoms with van der Waals surface area (Å²) in [5.74, 6) is 0. The van der Waals surface area contributed by atoms with Gasteiger partial charge in [-0.05, 0) is 35.7 Å². The summed E-state index contributed by atoms with van der Waals surface area (Å²) in [6.45, 7) is 5.22. The van der Waals surface area contributed by atoms with Gasteiger partial charge in [0.1, 0.15) is 4.47 Å². The van der Waals surface area contributed by atoms with Gasteiger partial charge in [-0.1, -0.05) is 0 Å². The van der Waals surface area contributed by atoms with Crippen molar-refractivity contribution in [1.82, 2.24) is 9.78 Å². The molecule has 6 nitrogen and oxygen atoms in total. The lowest BCUT2D eigenvalue weighted by Gasteiger charge is -2.09. The van der Waals surface area contributed by atoms with Crippen molar-refractivity contribution in [3.8, 4) is 0 Å². The van der Waals surface area contributed by atoms with E-state index in [2.05, 4.69) is 26.3 Å². The molecule has 1 aromatic heterocycles. The number of halogens is 1. The molecule has 0 spiro atoms. The Morgan fingerprint density at radius 2 is 2.15 bits per heavy atom. The Morgan fingerprint density at radius 3 is 2.85 bits per heavy atom. The van der Waals surface area contributed by atoms with Crippen LogP contribution in [0.25, 0.3) is 0 Å². The summed E-state index contributed by atoms with van der Waals surface area (Å²) >= 11 is 3.31. The van der Waals surface area contributed by atoms with Crippen molar-refractivity contribution >= 4 is 21.6 Å². The first-order valence-corrected chi connectivity index (χ1v) is 7.56. The van der Waals surface area contributed by atoms with E-state index in [1.807, 2.05) is 6.92 Å². The van der Waals surface area contributed by atoms with Crippen molar-refractivity contribution in [3.05, 3.63) is 21.0 Å². The molecule has 0 bridgehead atoms. The van der Waals surface area contributed by atoms with Gasteiger partial charge in [-0.15, -0.1) is 0 Å². The molecular weight excluding hydrogens is 326 g/mol. The highest BCUT2D eigenvalue weighted by atomic mass is 79.9. The van der Waals surface area contributed by atoms with Crippen LogP contribution in [-0.4, -0.2) is 43.3 Å². The number of hydrogen-bond acceptors (Lipinski definition) is 5. The molecule has 0 aromatic carbocycles. The van der Waals surface area contributed by atoms with Crippen LogP contribution < -0.4 is 10.9 Å². The average molecular weight is 348 g/mol. The standard InChI is InChI=1S/C13H22BrN3O3/c1-3-17-13(18)12(14)11(10-16-17)15-6-4-5-7-20-9-8-19-2/h10,15H,3-9H2,1-2H3. The monoisotopic (exact) mass is 347 g/mol. The zero-order chi connectivity index (χ0) is 14.8. The van der Waals surface area contributed by atoms with Crippen molar-refractivity contribution in [2.24, 2.45) is 0 Å². The first kappa shape index (κ1) is 17.1. The van der Waals surface area contributed by atoms with Gasteiger partial charge in [-0.3, -0.25) is 4.79 Å². The Labute approximate surface area is 127 Å². The molecule has 114 valence electrons. The Morgan fingerprint density at radius 1 is 1.35 bits per heavy atom. The Bertz CT molecular complexity index is 451. The molecule has 20 heavy (non-hydrogen) atoms. The number of aryl methyl sites for hydroxylation is 1. The predicted molar refractivity (Wildman–Crippen MR) is 82.3 cm³/mol. The minimum Gasteiger partial charge on any atom is -0.383 e. The van der Waals surface area contributed by atoms with Crippen LogP contribution >= 0.6 is 15.9 Å². The maximum atomic E-state index is 11.8. The van der Waals surface area contributed by atoms with E-state index in [9.17, 15) is 4.79 Å². The second kappa shape index (κ2) is 9.90. The third-order valence-corrected chi connectivity index (χ3v) is 3.51. The van der Waals surface area contributed by atoms with E-state index >= 15 is 0 Å². The van der Waals surface area contributed by atoms with E-state index in [-0.39, 0.29) is 5.56 Å². The number of nitrogens with one attached hydrogen (secondary N) is 1. The molecule has 0 saturated carbocycles. The number of methoxy groups -OCH3 is 1. The lowest BCUT2D eigenvalue weighted by molar-refractivity contribution is 0.0691. The number of unbranched alkanes of at least 4 members (excludes halogenated alkanes) is 1. The second-order valence-corrected chi connectivity index (χ2v) is 5.03. The van der Waals surface area contributed by atoms with Crippen LogP contribution in [0, 0.1) is 0 Å². The van der Waals surface area contributed by atoms with Gasteiger partial charge in [-0.2, -0.15) is 5.10 Å². The molecule has 0 aliphatic heterocycles. The fourth-order valence-electron chi connectivity index (χ4n) is 1.61. The van der Waals surface area contributed by atoms with Gasteiger partial charge >= 0.3 is 0 Å². The molecular formula is C13H22BrN3O3. The molecule has 0 fully saturated rings. The number of rotatable bonds is 10. The number of nitrogens with zero attached hydrogens (tertiary/aromatic N) is 2. The minimum atomic E-state index is -0.111. The maximum absolute atomic E-state index is 11.8. The quantitative estimate of drug-likeness (QED) is 0.654. The highest BCUT2D eigenvalue weighted by molar-refractivity contribution is 9.10. The molecule has 0 radical (unpaired) electrons. The molecule has 7 heteroatoms. The van der Waals surface area contributed by atoms with Crippen LogP contribution in [0.5, 0.6) is 0 Å². The van der Waals surface area contributed by atoms with E-state index in [4.69, 9.17) is 9.47 Å². The number of aromatic nitrogens is 2. The van der Waals surface area contributed by atoms with Crippen molar-refractivity contribution in [2.75, 3.05) is 38.8 Å². The predicted octanol–water partition coefficient (Wildman–Crippen LogP) is 1.88. The number of hydrogen-bond donors (Lipinski definition) is 1. The Kier molecular flexibility index (Phi) is 8.48. The molecule has 0 amide bonds. The van der Waals surface area contributed by atoms with Gasteiger partial charge in [0, 0.05) is 26.8 Å². The molecule has 0 aliphatic rings. The largest absolute Gasteiger partial charge is 0.383 e. The molecule has 1 aromatic rings. The summed E-state index contributed by atoms with van der Waals surface area (Å²) in [4.78, 5) is 11.8. The maximum Gasteiger partial charge on any atom is 0.283 e. The van der Waals surface area contributed by atoms with E-state index in [1.54, 1.807) is 13.3 Å². The number of ether oxygens (including phenoxy) is 2. The first-order valence-electron chi connectivity index (χ1n) is 6.76. The Balaban J connectivity index is 2.26. The van der Waals surface area contributed by atoms with Crippen LogP contribution in [0.1, 0.15) is 19.8 Å². The highest BCUT2D eigenvalue weighted by Gasteiger charge is 2.06. The summed E-state index contributed by atoms with van der Waals surface area (Å²) in [5, 5.41) is 7.28. The number of anilines is 1. The summed E-state index contributed by atoms with van der Waals surface area (Å²) in [5.41, 5.74) is 0.625. The van der Waals surface area contributed by atoms with Crippen LogP contribution in [0.2, 0.25) is 0 Å². The summed E-state index contributed by atoms with van der Waals surface area (Å²) in [6.07, 6.45) is 3.61. The zero-order valence-electron chi connectivity index (χ0n) is 12.0. The highest BCUT2D eigenvalue weighted by Crippen LogP contribution is 2.15. The van der Waals surface area contributed by atoms with E-state index in [0.29, 0.717) is 24.2 Å². The minimum absolute atomic E-state index is 0.111.